The Morgan fingerprint density at radius 1 is 1.41 bits per heavy atom. The fourth-order valence-corrected chi connectivity index (χ4v) is 3.04. The van der Waals surface area contributed by atoms with Crippen LogP contribution in [0.3, 0.4) is 0 Å². The van der Waals surface area contributed by atoms with E-state index in [4.69, 9.17) is 0 Å². The zero-order valence-corrected chi connectivity index (χ0v) is 13.2. The smallest absolute Gasteiger partial charge is 0.337 e. The highest BCUT2D eigenvalue weighted by Gasteiger charge is 2.42. The minimum Gasteiger partial charge on any atom is -0.337 e. The molecule has 2 heterocycles. The summed E-state index contributed by atoms with van der Waals surface area (Å²) in [6.07, 6.45) is -3.56. The zero-order chi connectivity index (χ0) is 16.7. The summed E-state index contributed by atoms with van der Waals surface area (Å²) < 4.78 is 40.5. The topological polar surface area (TPSA) is 41.4 Å². The van der Waals surface area contributed by atoms with Crippen LogP contribution in [0, 0.1) is 5.92 Å². The summed E-state index contributed by atoms with van der Waals surface area (Å²) in [6, 6.07) is 0.152. The summed E-state index contributed by atoms with van der Waals surface area (Å²) in [7, 11) is 3.82. The van der Waals surface area contributed by atoms with Crippen molar-refractivity contribution in [3.8, 4) is 0 Å². The highest BCUT2D eigenvalue weighted by Crippen LogP contribution is 2.33. The fourth-order valence-electron chi connectivity index (χ4n) is 3.04. The third kappa shape index (κ3) is 2.97. The van der Waals surface area contributed by atoms with Gasteiger partial charge >= 0.3 is 6.18 Å². The molecule has 1 aromatic rings. The molecular weight excluding hydrogens is 297 g/mol. The van der Waals surface area contributed by atoms with Crippen molar-refractivity contribution < 1.29 is 18.0 Å². The minimum absolute atomic E-state index is 0.0683. The van der Waals surface area contributed by atoms with Crippen LogP contribution in [0.5, 0.6) is 0 Å². The molecule has 0 radical (unpaired) electrons. The molecule has 0 aliphatic carbocycles. The number of hydrogen-bond acceptors (Lipinski definition) is 3. The maximum Gasteiger partial charge on any atom is 0.433 e. The second-order valence-corrected chi connectivity index (χ2v) is 5.94. The molecule has 0 bridgehead atoms. The fraction of sp³-hybridized carbons (Fsp3) is 0.714. The van der Waals surface area contributed by atoms with Crippen LogP contribution in [0.4, 0.5) is 13.2 Å². The molecule has 0 aromatic carbocycles. The molecule has 22 heavy (non-hydrogen) atoms. The normalized spacial score (nSPS) is 22.6. The maximum atomic E-state index is 13.2. The third-order valence-corrected chi connectivity index (χ3v) is 4.16. The van der Waals surface area contributed by atoms with Gasteiger partial charge in [0.2, 0.25) is 0 Å². The van der Waals surface area contributed by atoms with Crippen molar-refractivity contribution in [3.63, 3.8) is 0 Å². The van der Waals surface area contributed by atoms with Gasteiger partial charge in [0.05, 0.1) is 11.8 Å². The molecule has 0 unspecified atom stereocenters. The van der Waals surface area contributed by atoms with Gasteiger partial charge in [0.1, 0.15) is 0 Å². The van der Waals surface area contributed by atoms with Gasteiger partial charge in [0.15, 0.2) is 5.69 Å². The summed E-state index contributed by atoms with van der Waals surface area (Å²) in [5.41, 5.74) is -1.32. The van der Waals surface area contributed by atoms with Crippen molar-refractivity contribution in [3.05, 3.63) is 17.5 Å². The Morgan fingerprint density at radius 2 is 2.05 bits per heavy atom. The molecule has 1 aliphatic rings. The number of halogens is 3. The van der Waals surface area contributed by atoms with Crippen molar-refractivity contribution in [2.45, 2.75) is 32.6 Å². The largest absolute Gasteiger partial charge is 0.433 e. The lowest BCUT2D eigenvalue weighted by atomic mass is 10.1. The number of carbonyl (C=O) groups excluding carboxylic acids is 1. The van der Waals surface area contributed by atoms with E-state index in [1.165, 1.54) is 4.90 Å². The van der Waals surface area contributed by atoms with Crippen molar-refractivity contribution in [1.82, 2.24) is 19.6 Å². The zero-order valence-electron chi connectivity index (χ0n) is 13.2. The number of hydrogen-bond donors (Lipinski definition) is 0. The van der Waals surface area contributed by atoms with Gasteiger partial charge in [0.25, 0.3) is 5.91 Å². The Bertz CT molecular complexity index is 553. The molecule has 5 nitrogen and oxygen atoms in total. The summed E-state index contributed by atoms with van der Waals surface area (Å²) in [6.45, 7) is 4.52. The average molecular weight is 318 g/mol. The van der Waals surface area contributed by atoms with Crippen LogP contribution in [0.1, 0.15) is 29.9 Å². The molecule has 1 aliphatic heterocycles. The number of nitrogens with zero attached hydrogens (tertiary/aromatic N) is 4. The van der Waals surface area contributed by atoms with Crippen LogP contribution < -0.4 is 0 Å². The van der Waals surface area contributed by atoms with Gasteiger partial charge in [-0.15, -0.1) is 0 Å². The van der Waals surface area contributed by atoms with Gasteiger partial charge in [-0.25, -0.2) is 0 Å². The van der Waals surface area contributed by atoms with Crippen molar-refractivity contribution >= 4 is 5.91 Å². The lowest BCUT2D eigenvalue weighted by Crippen LogP contribution is -2.36. The van der Waals surface area contributed by atoms with Gasteiger partial charge in [0, 0.05) is 25.7 Å². The van der Waals surface area contributed by atoms with Crippen molar-refractivity contribution in [2.24, 2.45) is 5.92 Å². The Kier molecular flexibility index (Phi) is 4.51. The van der Waals surface area contributed by atoms with Gasteiger partial charge in [-0.3, -0.25) is 9.48 Å². The van der Waals surface area contributed by atoms with E-state index in [0.717, 1.165) is 10.9 Å². The Morgan fingerprint density at radius 3 is 2.50 bits per heavy atom. The predicted octanol–water partition coefficient (Wildman–Crippen LogP) is 1.94. The number of carbonyl (C=O) groups is 1. The van der Waals surface area contributed by atoms with Gasteiger partial charge in [-0.05, 0) is 26.9 Å². The van der Waals surface area contributed by atoms with Crippen LogP contribution in [0.25, 0.3) is 0 Å². The monoisotopic (exact) mass is 318 g/mol. The first-order chi connectivity index (χ1) is 10.2. The molecule has 0 N–H and O–H groups in total. The number of amides is 1. The van der Waals surface area contributed by atoms with Gasteiger partial charge in [-0.2, -0.15) is 18.3 Å². The Balaban J connectivity index is 2.30. The third-order valence-electron chi connectivity index (χ3n) is 4.16. The molecule has 0 saturated carbocycles. The van der Waals surface area contributed by atoms with Gasteiger partial charge in [-0.1, -0.05) is 6.92 Å². The second-order valence-electron chi connectivity index (χ2n) is 5.94. The maximum absolute atomic E-state index is 13.2. The number of aromatic nitrogens is 2. The highest BCUT2D eigenvalue weighted by atomic mass is 19.4. The summed E-state index contributed by atoms with van der Waals surface area (Å²) in [4.78, 5) is 16.0. The van der Waals surface area contributed by atoms with E-state index in [1.54, 1.807) is 6.92 Å². The summed E-state index contributed by atoms with van der Waals surface area (Å²) >= 11 is 0. The quantitative estimate of drug-likeness (QED) is 0.855. The molecule has 1 fully saturated rings. The minimum atomic E-state index is -4.59. The van der Waals surface area contributed by atoms with Gasteiger partial charge < -0.3 is 9.80 Å². The van der Waals surface area contributed by atoms with Crippen molar-refractivity contribution in [2.75, 3.05) is 27.2 Å². The first-order valence-corrected chi connectivity index (χ1v) is 7.25. The molecular formula is C14H21F3N4O. The van der Waals surface area contributed by atoms with E-state index in [-0.39, 0.29) is 24.1 Å². The highest BCUT2D eigenvalue weighted by molar-refractivity contribution is 5.95. The lowest BCUT2D eigenvalue weighted by Gasteiger charge is -2.22. The van der Waals surface area contributed by atoms with E-state index in [2.05, 4.69) is 5.10 Å². The number of alkyl halides is 3. The molecule has 2 atom stereocenters. The van der Waals surface area contributed by atoms with Crippen LogP contribution >= 0.6 is 0 Å². The van der Waals surface area contributed by atoms with E-state index in [0.29, 0.717) is 13.1 Å². The predicted molar refractivity (Wildman–Crippen MR) is 75.4 cm³/mol. The van der Waals surface area contributed by atoms with Crippen molar-refractivity contribution in [1.29, 1.82) is 0 Å². The van der Waals surface area contributed by atoms with Crippen LogP contribution in [0.2, 0.25) is 0 Å². The number of aryl methyl sites for hydroxylation is 1. The van der Waals surface area contributed by atoms with Crippen LogP contribution in [-0.2, 0) is 12.7 Å². The summed E-state index contributed by atoms with van der Waals surface area (Å²) in [5.74, 6) is -0.377. The van der Waals surface area contributed by atoms with E-state index in [9.17, 15) is 18.0 Å². The molecule has 8 heteroatoms. The SMILES string of the molecule is CCn1ncc(C(=O)N2C[C@@H](N(C)C)[C@@H](C)C2)c1C(F)(F)F. The van der Waals surface area contributed by atoms with E-state index < -0.39 is 17.8 Å². The molecule has 1 saturated heterocycles. The summed E-state index contributed by atoms with van der Waals surface area (Å²) in [5, 5.41) is 3.71. The number of rotatable bonds is 3. The number of likely N-dealkylation sites (N-methyl/N-ethyl adjacent to an activating group) is 1. The Hall–Kier alpha value is -1.57. The molecule has 124 valence electrons. The van der Waals surface area contributed by atoms with E-state index >= 15 is 0 Å². The first kappa shape index (κ1) is 16.8. The molecule has 0 spiro atoms. The first-order valence-electron chi connectivity index (χ1n) is 7.25. The lowest BCUT2D eigenvalue weighted by molar-refractivity contribution is -0.144. The van der Waals surface area contributed by atoms with Crippen LogP contribution in [-0.4, -0.2) is 58.7 Å². The molecule has 1 amide bonds. The van der Waals surface area contributed by atoms with E-state index in [1.807, 2.05) is 25.9 Å². The molecule has 2 rings (SSSR count). The van der Waals surface area contributed by atoms with Crippen LogP contribution in [0.15, 0.2) is 6.20 Å². The Labute approximate surface area is 127 Å². The second kappa shape index (κ2) is 5.91. The standard InChI is InChI=1S/C14H21F3N4O/c1-5-21-12(14(15,16)17)10(6-18-21)13(22)20-7-9(2)11(8-20)19(3)4/h6,9,11H,5,7-8H2,1-4H3/t9-,11+/m0/s1. The molecule has 1 aromatic heterocycles. The average Bonchev–Trinajstić information content (AvgIpc) is 3.00. The number of likely N-dealkylation sites (tertiary alicyclic amines) is 1.